The Kier molecular flexibility index (Phi) is 3.17. The van der Waals surface area contributed by atoms with Crippen LogP contribution >= 0.6 is 0 Å². The summed E-state index contributed by atoms with van der Waals surface area (Å²) in [7, 11) is -3.69. The van der Waals surface area contributed by atoms with Gasteiger partial charge in [0.15, 0.2) is 16.5 Å². The third-order valence-electron chi connectivity index (χ3n) is 2.98. The van der Waals surface area contributed by atoms with Crippen LogP contribution in [-0.2, 0) is 16.4 Å². The van der Waals surface area contributed by atoms with E-state index < -0.39 is 10.0 Å². The molecule has 0 radical (unpaired) electrons. The monoisotopic (exact) mass is 306 g/mol. The lowest BCUT2D eigenvalue weighted by Crippen LogP contribution is -2.13. The molecule has 0 aliphatic rings. The molecule has 0 spiro atoms. The summed E-state index contributed by atoms with van der Waals surface area (Å²) in [5.74, 6) is 1.16. The van der Waals surface area contributed by atoms with Crippen molar-refractivity contribution in [2.45, 2.75) is 25.3 Å². The van der Waals surface area contributed by atoms with E-state index in [0.29, 0.717) is 34.9 Å². The highest BCUT2D eigenvalue weighted by atomic mass is 32.2. The molecule has 3 aromatic rings. The van der Waals surface area contributed by atoms with Crippen LogP contribution < -0.4 is 4.72 Å². The van der Waals surface area contributed by atoms with Crippen LogP contribution in [0, 0.1) is 6.92 Å². The van der Waals surface area contributed by atoms with E-state index in [9.17, 15) is 8.42 Å². The van der Waals surface area contributed by atoms with E-state index >= 15 is 0 Å². The van der Waals surface area contributed by atoms with Gasteiger partial charge in [-0.2, -0.15) is 8.42 Å². The largest absolute Gasteiger partial charge is 0.441 e. The zero-order valence-corrected chi connectivity index (χ0v) is 12.4. The molecule has 0 aliphatic heterocycles. The number of H-pyrrole nitrogens is 1. The highest BCUT2D eigenvalue weighted by Gasteiger charge is 2.17. The standard InChI is InChI=1S/C13H14N4O3S/c1-3-12-14-7-13(16-12)21(18,19)17-9-4-5-11-10(6-9)15-8(2)20-11/h4-7,17H,3H2,1-2H3,(H,14,16). The third kappa shape index (κ3) is 2.62. The first-order chi connectivity index (χ1) is 9.98. The SMILES string of the molecule is CCc1ncc(S(=O)(=O)Nc2ccc3oc(C)nc3c2)[nH]1. The van der Waals surface area contributed by atoms with Crippen LogP contribution in [0.25, 0.3) is 11.1 Å². The van der Waals surface area contributed by atoms with Crippen molar-refractivity contribution in [3.8, 4) is 0 Å². The fourth-order valence-electron chi connectivity index (χ4n) is 1.98. The van der Waals surface area contributed by atoms with Gasteiger partial charge in [-0.15, -0.1) is 0 Å². The molecule has 2 aromatic heterocycles. The quantitative estimate of drug-likeness (QED) is 0.769. The molecule has 3 rings (SSSR count). The first-order valence-electron chi connectivity index (χ1n) is 6.42. The van der Waals surface area contributed by atoms with Crippen LogP contribution in [-0.4, -0.2) is 23.4 Å². The van der Waals surface area contributed by atoms with Gasteiger partial charge < -0.3 is 9.40 Å². The molecule has 110 valence electrons. The number of hydrogen-bond donors (Lipinski definition) is 2. The normalized spacial score (nSPS) is 11.9. The van der Waals surface area contributed by atoms with Gasteiger partial charge in [-0.05, 0) is 18.2 Å². The van der Waals surface area contributed by atoms with E-state index in [0.717, 1.165) is 0 Å². The molecular weight excluding hydrogens is 292 g/mol. The number of sulfonamides is 1. The van der Waals surface area contributed by atoms with Crippen LogP contribution in [0.2, 0.25) is 0 Å². The fraction of sp³-hybridized carbons (Fsp3) is 0.231. The van der Waals surface area contributed by atoms with Crippen molar-refractivity contribution >= 4 is 26.8 Å². The van der Waals surface area contributed by atoms with Crippen molar-refractivity contribution in [2.75, 3.05) is 4.72 Å². The molecular formula is C13H14N4O3S. The number of fused-ring (bicyclic) bond motifs is 1. The van der Waals surface area contributed by atoms with Crippen molar-refractivity contribution in [2.24, 2.45) is 0 Å². The van der Waals surface area contributed by atoms with Gasteiger partial charge in [-0.3, -0.25) is 4.72 Å². The molecule has 0 amide bonds. The molecule has 8 heteroatoms. The average molecular weight is 306 g/mol. The number of benzene rings is 1. The van der Waals surface area contributed by atoms with Gasteiger partial charge in [0.25, 0.3) is 10.0 Å². The molecule has 7 nitrogen and oxygen atoms in total. The molecule has 0 unspecified atom stereocenters. The molecule has 0 saturated carbocycles. The van der Waals surface area contributed by atoms with E-state index in [-0.39, 0.29) is 5.03 Å². The predicted molar refractivity (Wildman–Crippen MR) is 77.5 cm³/mol. The fourth-order valence-corrected chi connectivity index (χ4v) is 2.97. The number of oxazole rings is 1. The smallest absolute Gasteiger partial charge is 0.278 e. The molecule has 1 aromatic carbocycles. The zero-order chi connectivity index (χ0) is 15.0. The molecule has 0 fully saturated rings. The highest BCUT2D eigenvalue weighted by molar-refractivity contribution is 7.92. The first kappa shape index (κ1) is 13.6. The molecule has 0 atom stereocenters. The van der Waals surface area contributed by atoms with E-state index in [1.165, 1.54) is 6.20 Å². The van der Waals surface area contributed by atoms with Crippen LogP contribution in [0.3, 0.4) is 0 Å². The van der Waals surface area contributed by atoms with Gasteiger partial charge in [0, 0.05) is 13.3 Å². The second kappa shape index (κ2) is 4.88. The van der Waals surface area contributed by atoms with Gasteiger partial charge in [-0.1, -0.05) is 6.92 Å². The van der Waals surface area contributed by atoms with Gasteiger partial charge in [0.05, 0.1) is 11.9 Å². The Morgan fingerprint density at radius 1 is 1.38 bits per heavy atom. The lowest BCUT2D eigenvalue weighted by molar-refractivity contribution is 0.561. The van der Waals surface area contributed by atoms with Crippen LogP contribution in [0.1, 0.15) is 18.6 Å². The second-order valence-corrected chi connectivity index (χ2v) is 6.22. The number of nitrogens with one attached hydrogen (secondary N) is 2. The van der Waals surface area contributed by atoms with E-state index in [1.54, 1.807) is 25.1 Å². The van der Waals surface area contributed by atoms with Crippen LogP contribution in [0.5, 0.6) is 0 Å². The number of aryl methyl sites for hydroxylation is 2. The lowest BCUT2D eigenvalue weighted by Gasteiger charge is -2.05. The van der Waals surface area contributed by atoms with Crippen molar-refractivity contribution in [3.63, 3.8) is 0 Å². The Hall–Kier alpha value is -2.35. The maximum atomic E-state index is 12.2. The van der Waals surface area contributed by atoms with Crippen molar-refractivity contribution in [1.82, 2.24) is 15.0 Å². The van der Waals surface area contributed by atoms with Gasteiger partial charge >= 0.3 is 0 Å². The summed E-state index contributed by atoms with van der Waals surface area (Å²) in [6.45, 7) is 3.63. The third-order valence-corrected chi connectivity index (χ3v) is 4.27. The molecule has 0 saturated heterocycles. The van der Waals surface area contributed by atoms with Crippen molar-refractivity contribution < 1.29 is 12.8 Å². The number of rotatable bonds is 4. The second-order valence-electron chi connectivity index (χ2n) is 4.57. The topological polar surface area (TPSA) is 101 Å². The Labute approximate surface area is 121 Å². The van der Waals surface area contributed by atoms with Gasteiger partial charge in [0.1, 0.15) is 11.3 Å². The van der Waals surface area contributed by atoms with E-state index in [2.05, 4.69) is 19.7 Å². The number of anilines is 1. The summed E-state index contributed by atoms with van der Waals surface area (Å²) in [5, 5.41) is 0.0378. The van der Waals surface area contributed by atoms with Crippen molar-refractivity contribution in [1.29, 1.82) is 0 Å². The summed E-state index contributed by atoms with van der Waals surface area (Å²) in [4.78, 5) is 10.9. The van der Waals surface area contributed by atoms with E-state index in [1.807, 2.05) is 6.92 Å². The minimum Gasteiger partial charge on any atom is -0.441 e. The first-order valence-corrected chi connectivity index (χ1v) is 7.90. The number of imidazole rings is 1. The van der Waals surface area contributed by atoms with Crippen LogP contribution in [0.15, 0.2) is 33.8 Å². The Balaban J connectivity index is 1.92. The van der Waals surface area contributed by atoms with E-state index in [4.69, 9.17) is 4.42 Å². The summed E-state index contributed by atoms with van der Waals surface area (Å²) >= 11 is 0. The summed E-state index contributed by atoms with van der Waals surface area (Å²) < 4.78 is 32.3. The molecule has 21 heavy (non-hydrogen) atoms. The molecule has 0 aliphatic carbocycles. The van der Waals surface area contributed by atoms with Crippen molar-refractivity contribution in [3.05, 3.63) is 36.1 Å². The number of aromatic nitrogens is 3. The minimum atomic E-state index is -3.69. The summed E-state index contributed by atoms with van der Waals surface area (Å²) in [6.07, 6.45) is 1.94. The number of nitrogens with zero attached hydrogens (tertiary/aromatic N) is 2. The van der Waals surface area contributed by atoms with Crippen LogP contribution in [0.4, 0.5) is 5.69 Å². The molecule has 2 N–H and O–H groups in total. The summed E-state index contributed by atoms with van der Waals surface area (Å²) in [5.41, 5.74) is 1.64. The summed E-state index contributed by atoms with van der Waals surface area (Å²) in [6, 6.07) is 4.93. The zero-order valence-electron chi connectivity index (χ0n) is 11.5. The Bertz CT molecular complexity index is 895. The maximum Gasteiger partial charge on any atom is 0.278 e. The lowest BCUT2D eigenvalue weighted by atomic mass is 10.3. The van der Waals surface area contributed by atoms with Gasteiger partial charge in [-0.25, -0.2) is 9.97 Å². The predicted octanol–water partition coefficient (Wildman–Crippen LogP) is 2.22. The number of hydrogen-bond acceptors (Lipinski definition) is 5. The number of aromatic amines is 1. The highest BCUT2D eigenvalue weighted by Crippen LogP contribution is 2.21. The Morgan fingerprint density at radius 3 is 2.90 bits per heavy atom. The Morgan fingerprint density at radius 2 is 2.19 bits per heavy atom. The maximum absolute atomic E-state index is 12.2. The van der Waals surface area contributed by atoms with Gasteiger partial charge in [0.2, 0.25) is 0 Å². The molecule has 2 heterocycles. The average Bonchev–Trinajstić information content (AvgIpc) is 3.03. The molecule has 0 bridgehead atoms. The minimum absolute atomic E-state index is 0.0378.